The van der Waals surface area contributed by atoms with Gasteiger partial charge in [0.1, 0.15) is 0 Å². The van der Waals surface area contributed by atoms with Gasteiger partial charge < -0.3 is 0 Å². The molecule has 6 unspecified atom stereocenters. The molecule has 0 fully saturated rings. The summed E-state index contributed by atoms with van der Waals surface area (Å²) in [4.78, 5) is 0. The molecule has 0 saturated heterocycles. The molecule has 1 aromatic carbocycles. The summed E-state index contributed by atoms with van der Waals surface area (Å²) in [5, 5.41) is 4.49. The van der Waals surface area contributed by atoms with Crippen LogP contribution in [0.1, 0.15) is 77.0 Å². The first-order valence-electron chi connectivity index (χ1n) is 16.8. The van der Waals surface area contributed by atoms with Gasteiger partial charge in [-0.2, -0.15) is 0 Å². The predicted molar refractivity (Wildman–Crippen MR) is 221 cm³/mol. The van der Waals surface area contributed by atoms with Crippen LogP contribution in [0.4, 0.5) is 0 Å². The van der Waals surface area contributed by atoms with Crippen LogP contribution >= 0.6 is 53.1 Å². The van der Waals surface area contributed by atoms with Crippen molar-refractivity contribution in [2.24, 2.45) is 0 Å². The Kier molecular flexibility index (Phi) is 14.7. The van der Waals surface area contributed by atoms with E-state index in [2.05, 4.69) is 144 Å². The normalized spacial score (nSPS) is 30.2. The second-order valence-corrected chi connectivity index (χ2v) is 56.3. The molecule has 0 aromatic heterocycles. The number of hydrogen-bond donors (Lipinski definition) is 0. The van der Waals surface area contributed by atoms with Gasteiger partial charge in [-0.05, 0) is 0 Å². The van der Waals surface area contributed by atoms with E-state index in [1.54, 1.807) is 0 Å². The minimum absolute atomic E-state index is 0.749. The van der Waals surface area contributed by atoms with E-state index in [0.29, 0.717) is 0 Å². The Hall–Kier alpha value is 2.21. The second kappa shape index (κ2) is 18.6. The first kappa shape index (κ1) is 35.6. The van der Waals surface area contributed by atoms with Crippen LogP contribution in [-0.2, 0) is 0 Å². The fourth-order valence-electron chi connectivity index (χ4n) is 6.23. The molecule has 6 atom stereocenters. The van der Waals surface area contributed by atoms with Crippen molar-refractivity contribution in [1.82, 2.24) is 0 Å². The molecular formula is C36H45S6Sb3. The zero-order chi connectivity index (χ0) is 30.3. The van der Waals surface area contributed by atoms with Crippen LogP contribution in [0.5, 0.6) is 0 Å². The Morgan fingerprint density at radius 3 is 0.689 bits per heavy atom. The van der Waals surface area contributed by atoms with Crippen molar-refractivity contribution < 1.29 is 0 Å². The van der Waals surface area contributed by atoms with Gasteiger partial charge in [-0.3, -0.25) is 0 Å². The van der Waals surface area contributed by atoms with Crippen LogP contribution in [0.2, 0.25) is 0 Å². The zero-order valence-corrected chi connectivity index (χ0v) is 38.5. The molecule has 9 heteroatoms. The van der Waals surface area contributed by atoms with E-state index >= 15 is 0 Å². The molecule has 6 aliphatic rings. The van der Waals surface area contributed by atoms with Crippen LogP contribution in [-0.4, -0.2) is 83.7 Å². The monoisotopic (exact) mass is 1030 g/mol. The van der Waals surface area contributed by atoms with Gasteiger partial charge in [0.15, 0.2) is 0 Å². The van der Waals surface area contributed by atoms with Gasteiger partial charge in [0.25, 0.3) is 0 Å². The molecular weight excluding hydrogens is 990 g/mol. The first-order valence-corrected chi connectivity index (χ1v) is 44.4. The fraction of sp³-hybridized carbons (Fsp3) is 0.500. The predicted octanol–water partition coefficient (Wildman–Crippen LogP) is 9.48. The number of benzene rings is 1. The standard InChI is InChI=1S/C6H3.6C5H8S.3Sb/c1-2-4-6-5-3-1;6*6-5-3-1-2-4-5;;;/h1,4-5H;6*1,3,5-6H,2,4H2;;;/q;;;;;;;3*+2/p-6. The van der Waals surface area contributed by atoms with Crippen molar-refractivity contribution in [2.45, 2.75) is 109 Å². The van der Waals surface area contributed by atoms with Gasteiger partial charge in [-0.25, -0.2) is 0 Å². The number of rotatable bonds is 15. The summed E-state index contributed by atoms with van der Waals surface area (Å²) in [7, 11) is 14.8. The Balaban J connectivity index is 1.27. The van der Waals surface area contributed by atoms with Gasteiger partial charge in [0.2, 0.25) is 0 Å². The van der Waals surface area contributed by atoms with Crippen molar-refractivity contribution >= 4 is 116 Å². The molecule has 0 nitrogen and oxygen atoms in total. The van der Waals surface area contributed by atoms with Crippen molar-refractivity contribution in [3.63, 3.8) is 0 Å². The summed E-state index contributed by atoms with van der Waals surface area (Å²) in [5.74, 6) is 0. The molecule has 0 amide bonds. The van der Waals surface area contributed by atoms with Crippen LogP contribution in [0.3, 0.4) is 0 Å². The van der Waals surface area contributed by atoms with Crippen LogP contribution in [0.25, 0.3) is 0 Å². The Bertz CT molecular complexity index is 1080. The average molecular weight is 1040 g/mol. The maximum atomic E-state index is 2.86. The van der Waals surface area contributed by atoms with E-state index in [-0.39, 0.29) is 0 Å². The van der Waals surface area contributed by atoms with E-state index in [9.17, 15) is 0 Å². The molecule has 0 heterocycles. The third-order valence-electron chi connectivity index (χ3n) is 8.72. The average Bonchev–Trinajstić information content (AvgIpc) is 3.90. The molecule has 0 aliphatic heterocycles. The molecule has 1 aromatic rings. The summed E-state index contributed by atoms with van der Waals surface area (Å²) < 4.78 is 5.54. The fourth-order valence-corrected chi connectivity index (χ4v) is 67.8. The maximum absolute atomic E-state index is 2.86. The van der Waals surface area contributed by atoms with Crippen molar-refractivity contribution in [3.8, 4) is 0 Å². The van der Waals surface area contributed by atoms with Gasteiger partial charge in [-0.1, -0.05) is 0 Å². The van der Waals surface area contributed by atoms with Crippen LogP contribution in [0.15, 0.2) is 91.1 Å². The third kappa shape index (κ3) is 10.6. The summed E-state index contributed by atoms with van der Waals surface area (Å²) in [6, 6.07) is 8.59. The number of hydrogen-bond acceptors (Lipinski definition) is 6. The van der Waals surface area contributed by atoms with Crippen molar-refractivity contribution in [1.29, 1.82) is 0 Å². The van der Waals surface area contributed by atoms with Gasteiger partial charge in [0.05, 0.1) is 0 Å². The molecule has 0 N–H and O–H groups in total. The Morgan fingerprint density at radius 1 is 0.333 bits per heavy atom. The SMILES string of the molecule is C1=CC([S][Sb]([S]C2C=CCC2)[c]2c[c]([Sb]([S]C3C=CCC3)[S]C3C=CCC3)c[c]([Sb]([S]C3C=CCC3)[S]C3C=CCC3)c2)CC1. The molecule has 0 radical (unpaired) electrons. The van der Waals surface area contributed by atoms with Gasteiger partial charge >= 0.3 is 316 Å². The second-order valence-electron chi connectivity index (χ2n) is 12.4. The molecule has 7 rings (SSSR count). The molecule has 240 valence electrons. The summed E-state index contributed by atoms with van der Waals surface area (Å²) >= 11 is -5.62. The first-order chi connectivity index (χ1) is 22.2. The summed E-state index contributed by atoms with van der Waals surface area (Å²) in [5.41, 5.74) is 0. The third-order valence-corrected chi connectivity index (χ3v) is 62.3. The van der Waals surface area contributed by atoms with Gasteiger partial charge in [0, 0.05) is 0 Å². The Labute approximate surface area is 310 Å². The van der Waals surface area contributed by atoms with Crippen molar-refractivity contribution in [3.05, 3.63) is 91.1 Å². The van der Waals surface area contributed by atoms with Crippen LogP contribution < -0.4 is 10.5 Å². The van der Waals surface area contributed by atoms with E-state index in [1.165, 1.54) is 77.0 Å². The van der Waals surface area contributed by atoms with E-state index in [1.807, 2.05) is 10.5 Å². The van der Waals surface area contributed by atoms with Crippen LogP contribution in [0, 0.1) is 0 Å². The molecule has 0 spiro atoms. The molecule has 6 aliphatic carbocycles. The molecule has 45 heavy (non-hydrogen) atoms. The summed E-state index contributed by atoms with van der Waals surface area (Å²) in [6.45, 7) is 0. The molecule has 0 bridgehead atoms. The van der Waals surface area contributed by atoms with E-state index < -0.39 is 52.2 Å². The van der Waals surface area contributed by atoms with Gasteiger partial charge in [-0.15, -0.1) is 0 Å². The summed E-state index contributed by atoms with van der Waals surface area (Å²) in [6.07, 6.45) is 46.0. The number of allylic oxidation sites excluding steroid dienone is 6. The van der Waals surface area contributed by atoms with E-state index in [4.69, 9.17) is 0 Å². The van der Waals surface area contributed by atoms with Crippen molar-refractivity contribution in [2.75, 3.05) is 0 Å². The quantitative estimate of drug-likeness (QED) is 0.126. The topological polar surface area (TPSA) is 0 Å². The minimum atomic E-state index is -1.87. The Morgan fingerprint density at radius 2 is 0.533 bits per heavy atom. The molecule has 0 saturated carbocycles. The van der Waals surface area contributed by atoms with E-state index in [0.717, 1.165) is 31.5 Å². The zero-order valence-electron chi connectivity index (χ0n) is 25.9.